The number of anilines is 1. The van der Waals surface area contributed by atoms with E-state index in [-0.39, 0.29) is 24.0 Å². The predicted octanol–water partition coefficient (Wildman–Crippen LogP) is 4.68. The van der Waals surface area contributed by atoms with Gasteiger partial charge in [-0.05, 0) is 49.1 Å². The molecule has 2 amide bonds. The second-order valence-electron chi connectivity index (χ2n) is 8.57. The van der Waals surface area contributed by atoms with E-state index in [1.54, 1.807) is 0 Å². The molecule has 0 fully saturated rings. The fourth-order valence-corrected chi connectivity index (χ4v) is 3.44. The molecule has 3 rings (SSSR count). The standard InChI is InChI=1S/C24H31N3O2/c1-15(2)14-27-22(20-8-6-7-9-21(20)24(27)29)26-19-12-10-18(11-13-19)23(28)25-17(5)16(3)4/h6-13,15-17,22,26H,14H2,1-5H3,(H,25,28)/t17-,22-/m0/s1. The molecule has 0 radical (unpaired) electrons. The summed E-state index contributed by atoms with van der Waals surface area (Å²) in [5.74, 6) is 0.740. The molecule has 5 nitrogen and oxygen atoms in total. The summed E-state index contributed by atoms with van der Waals surface area (Å²) in [5, 5.41) is 6.50. The zero-order valence-electron chi connectivity index (χ0n) is 17.9. The van der Waals surface area contributed by atoms with Crippen LogP contribution >= 0.6 is 0 Å². The average molecular weight is 394 g/mol. The van der Waals surface area contributed by atoms with E-state index in [1.807, 2.05) is 60.4 Å². The summed E-state index contributed by atoms with van der Waals surface area (Å²) < 4.78 is 0. The van der Waals surface area contributed by atoms with E-state index in [1.165, 1.54) is 0 Å². The lowest BCUT2D eigenvalue weighted by Gasteiger charge is -2.28. The first kappa shape index (κ1) is 20.9. The minimum atomic E-state index is -0.207. The van der Waals surface area contributed by atoms with E-state index in [2.05, 4.69) is 38.3 Å². The van der Waals surface area contributed by atoms with Gasteiger partial charge in [0.2, 0.25) is 0 Å². The highest BCUT2D eigenvalue weighted by atomic mass is 16.2. The van der Waals surface area contributed by atoms with Gasteiger partial charge in [-0.3, -0.25) is 9.59 Å². The Morgan fingerprint density at radius 1 is 1.00 bits per heavy atom. The normalized spacial score (nSPS) is 16.9. The quantitative estimate of drug-likeness (QED) is 0.718. The van der Waals surface area contributed by atoms with Gasteiger partial charge in [0.1, 0.15) is 6.17 Å². The number of hydrogen-bond donors (Lipinski definition) is 2. The van der Waals surface area contributed by atoms with Crippen LogP contribution in [0.15, 0.2) is 48.5 Å². The highest BCUT2D eigenvalue weighted by Crippen LogP contribution is 2.34. The van der Waals surface area contributed by atoms with Crippen molar-refractivity contribution in [3.8, 4) is 0 Å². The average Bonchev–Trinajstić information content (AvgIpc) is 2.94. The number of nitrogens with zero attached hydrogens (tertiary/aromatic N) is 1. The van der Waals surface area contributed by atoms with Crippen molar-refractivity contribution in [3.05, 3.63) is 65.2 Å². The van der Waals surface area contributed by atoms with Crippen molar-refractivity contribution < 1.29 is 9.59 Å². The molecule has 0 unspecified atom stereocenters. The maximum absolute atomic E-state index is 12.9. The van der Waals surface area contributed by atoms with E-state index in [0.717, 1.165) is 16.8 Å². The SMILES string of the molecule is CC(C)CN1C(=O)c2ccccc2[C@H]1Nc1ccc(C(=O)N[C@@H](C)C(C)C)cc1. The Morgan fingerprint density at radius 2 is 1.66 bits per heavy atom. The van der Waals surface area contributed by atoms with Crippen LogP contribution in [0.3, 0.4) is 0 Å². The number of benzene rings is 2. The van der Waals surface area contributed by atoms with Crippen molar-refractivity contribution in [1.29, 1.82) is 0 Å². The Morgan fingerprint density at radius 3 is 2.28 bits per heavy atom. The molecule has 1 aliphatic heterocycles. The number of amides is 2. The highest BCUT2D eigenvalue weighted by molar-refractivity contribution is 5.99. The van der Waals surface area contributed by atoms with Gasteiger partial charge in [-0.15, -0.1) is 0 Å². The molecular weight excluding hydrogens is 362 g/mol. The lowest BCUT2D eigenvalue weighted by atomic mass is 10.1. The van der Waals surface area contributed by atoms with Crippen LogP contribution in [0.1, 0.15) is 67.1 Å². The number of carbonyl (C=O) groups is 2. The Kier molecular flexibility index (Phi) is 6.26. The first-order valence-electron chi connectivity index (χ1n) is 10.3. The van der Waals surface area contributed by atoms with E-state index in [9.17, 15) is 9.59 Å². The molecular formula is C24H31N3O2. The van der Waals surface area contributed by atoms with Gasteiger partial charge in [0, 0.05) is 35.0 Å². The van der Waals surface area contributed by atoms with E-state index >= 15 is 0 Å². The van der Waals surface area contributed by atoms with Crippen molar-refractivity contribution in [2.24, 2.45) is 11.8 Å². The number of hydrogen-bond acceptors (Lipinski definition) is 3. The number of fused-ring (bicyclic) bond motifs is 1. The molecule has 0 saturated carbocycles. The van der Waals surface area contributed by atoms with Crippen LogP contribution in [0.5, 0.6) is 0 Å². The first-order chi connectivity index (χ1) is 13.8. The smallest absolute Gasteiger partial charge is 0.256 e. The summed E-state index contributed by atoms with van der Waals surface area (Å²) in [4.78, 5) is 27.2. The Hall–Kier alpha value is -2.82. The topological polar surface area (TPSA) is 61.4 Å². The molecule has 0 saturated heterocycles. The summed E-state index contributed by atoms with van der Waals surface area (Å²) >= 11 is 0. The van der Waals surface area contributed by atoms with Crippen molar-refractivity contribution in [2.75, 3.05) is 11.9 Å². The third kappa shape index (κ3) is 4.61. The van der Waals surface area contributed by atoms with Gasteiger partial charge in [0.05, 0.1) is 0 Å². The molecule has 29 heavy (non-hydrogen) atoms. The molecule has 0 aromatic heterocycles. The van der Waals surface area contributed by atoms with Crippen LogP contribution in [0.4, 0.5) is 5.69 Å². The monoisotopic (exact) mass is 393 g/mol. The van der Waals surface area contributed by atoms with Gasteiger partial charge in [-0.2, -0.15) is 0 Å². The predicted molar refractivity (Wildman–Crippen MR) is 117 cm³/mol. The molecule has 2 N–H and O–H groups in total. The highest BCUT2D eigenvalue weighted by Gasteiger charge is 2.36. The van der Waals surface area contributed by atoms with Gasteiger partial charge in [-0.25, -0.2) is 0 Å². The van der Waals surface area contributed by atoms with Crippen LogP contribution in [-0.4, -0.2) is 29.3 Å². The Bertz CT molecular complexity index is 874. The van der Waals surface area contributed by atoms with E-state index < -0.39 is 0 Å². The van der Waals surface area contributed by atoms with Gasteiger partial charge in [0.15, 0.2) is 0 Å². The molecule has 5 heteroatoms. The number of rotatable bonds is 7. The van der Waals surface area contributed by atoms with Crippen molar-refractivity contribution in [2.45, 2.75) is 46.8 Å². The number of carbonyl (C=O) groups excluding carboxylic acids is 2. The van der Waals surface area contributed by atoms with Crippen molar-refractivity contribution >= 4 is 17.5 Å². The molecule has 2 aromatic rings. The van der Waals surface area contributed by atoms with Gasteiger partial charge in [-0.1, -0.05) is 45.9 Å². The lowest BCUT2D eigenvalue weighted by Crippen LogP contribution is -2.36. The molecule has 0 spiro atoms. The number of nitrogens with one attached hydrogen (secondary N) is 2. The third-order valence-electron chi connectivity index (χ3n) is 5.43. The lowest BCUT2D eigenvalue weighted by molar-refractivity contribution is 0.0720. The first-order valence-corrected chi connectivity index (χ1v) is 10.3. The van der Waals surface area contributed by atoms with Crippen LogP contribution in [0.2, 0.25) is 0 Å². The molecule has 0 aliphatic carbocycles. The maximum atomic E-state index is 12.9. The summed E-state index contributed by atoms with van der Waals surface area (Å²) in [5.41, 5.74) is 3.25. The molecule has 154 valence electrons. The zero-order chi connectivity index (χ0) is 21.1. The van der Waals surface area contributed by atoms with Crippen LogP contribution in [0, 0.1) is 11.8 Å². The molecule has 1 aliphatic rings. The minimum absolute atomic E-state index is 0.0606. The van der Waals surface area contributed by atoms with Crippen LogP contribution in [0.25, 0.3) is 0 Å². The summed E-state index contributed by atoms with van der Waals surface area (Å²) in [7, 11) is 0. The van der Waals surface area contributed by atoms with Crippen molar-refractivity contribution in [1.82, 2.24) is 10.2 Å². The molecule has 2 aromatic carbocycles. The van der Waals surface area contributed by atoms with Crippen LogP contribution < -0.4 is 10.6 Å². The fourth-order valence-electron chi connectivity index (χ4n) is 3.44. The summed E-state index contributed by atoms with van der Waals surface area (Å²) in [6, 6.07) is 15.3. The van der Waals surface area contributed by atoms with Gasteiger partial charge < -0.3 is 15.5 Å². The van der Waals surface area contributed by atoms with Crippen molar-refractivity contribution in [3.63, 3.8) is 0 Å². The summed E-state index contributed by atoms with van der Waals surface area (Å²) in [6.07, 6.45) is -0.207. The second kappa shape index (κ2) is 8.68. The van der Waals surface area contributed by atoms with Crippen LogP contribution in [-0.2, 0) is 0 Å². The molecule has 2 atom stereocenters. The summed E-state index contributed by atoms with van der Waals surface area (Å²) in [6.45, 7) is 11.1. The van der Waals surface area contributed by atoms with E-state index in [0.29, 0.717) is 23.9 Å². The molecule has 0 bridgehead atoms. The Labute approximate surface area is 173 Å². The van der Waals surface area contributed by atoms with Gasteiger partial charge >= 0.3 is 0 Å². The third-order valence-corrected chi connectivity index (χ3v) is 5.43. The maximum Gasteiger partial charge on any atom is 0.256 e. The zero-order valence-corrected chi connectivity index (χ0v) is 17.9. The molecule has 1 heterocycles. The van der Waals surface area contributed by atoms with Gasteiger partial charge in [0.25, 0.3) is 11.8 Å². The minimum Gasteiger partial charge on any atom is -0.361 e. The largest absolute Gasteiger partial charge is 0.361 e. The Balaban J connectivity index is 1.77. The van der Waals surface area contributed by atoms with E-state index in [4.69, 9.17) is 0 Å². The fraction of sp³-hybridized carbons (Fsp3) is 0.417. The second-order valence-corrected chi connectivity index (χ2v) is 8.57.